The Bertz CT molecular complexity index is 657. The predicted octanol–water partition coefficient (Wildman–Crippen LogP) is 4.40. The maximum atomic E-state index is 13.0. The number of hydrogen-bond donors (Lipinski definition) is 0. The summed E-state index contributed by atoms with van der Waals surface area (Å²) in [5.74, 6) is -2.51. The number of hydrogen-bond acceptors (Lipinski definition) is 6. The molecule has 6 nitrogen and oxygen atoms in total. The Morgan fingerprint density at radius 3 is 1.59 bits per heavy atom. The molecule has 0 unspecified atom stereocenters. The SMILES string of the molecule is O=C(OCC1CCCCC1)C1(C(=O)OCC2CCCCC2)Oc2ccccc2O1. The van der Waals surface area contributed by atoms with Crippen molar-refractivity contribution < 1.29 is 28.5 Å². The van der Waals surface area contributed by atoms with Crippen LogP contribution in [0.4, 0.5) is 0 Å². The highest BCUT2D eigenvalue weighted by atomic mass is 16.8. The molecule has 1 aliphatic heterocycles. The highest BCUT2D eigenvalue weighted by Gasteiger charge is 2.60. The topological polar surface area (TPSA) is 71.1 Å². The summed E-state index contributed by atoms with van der Waals surface area (Å²) in [5, 5.41) is 0. The van der Waals surface area contributed by atoms with Gasteiger partial charge in [0.15, 0.2) is 11.5 Å². The third-order valence-corrected chi connectivity index (χ3v) is 6.24. The summed E-state index contributed by atoms with van der Waals surface area (Å²) < 4.78 is 22.5. The van der Waals surface area contributed by atoms with Gasteiger partial charge in [-0.2, -0.15) is 0 Å². The number of benzene rings is 1. The minimum Gasteiger partial charge on any atom is -0.459 e. The van der Waals surface area contributed by atoms with Crippen molar-refractivity contribution in [2.24, 2.45) is 11.8 Å². The maximum Gasteiger partial charge on any atom is 0.453 e. The van der Waals surface area contributed by atoms with Gasteiger partial charge in [-0.3, -0.25) is 0 Å². The van der Waals surface area contributed by atoms with Gasteiger partial charge in [-0.25, -0.2) is 9.59 Å². The van der Waals surface area contributed by atoms with Crippen molar-refractivity contribution in [3.63, 3.8) is 0 Å². The lowest BCUT2D eigenvalue weighted by molar-refractivity contribution is -0.204. The first kappa shape index (κ1) is 20.0. The third-order valence-electron chi connectivity index (χ3n) is 6.24. The maximum absolute atomic E-state index is 13.0. The van der Waals surface area contributed by atoms with Crippen molar-refractivity contribution in [3.05, 3.63) is 24.3 Å². The van der Waals surface area contributed by atoms with Crippen LogP contribution in [0.2, 0.25) is 0 Å². The second kappa shape index (κ2) is 9.06. The minimum absolute atomic E-state index is 0.277. The second-order valence-electron chi connectivity index (χ2n) is 8.47. The van der Waals surface area contributed by atoms with Crippen molar-refractivity contribution in [1.82, 2.24) is 0 Å². The molecule has 2 saturated carbocycles. The van der Waals surface area contributed by atoms with Crippen molar-refractivity contribution in [3.8, 4) is 11.5 Å². The molecule has 0 bridgehead atoms. The van der Waals surface area contributed by atoms with Crippen LogP contribution < -0.4 is 9.47 Å². The van der Waals surface area contributed by atoms with Gasteiger partial charge in [0.1, 0.15) is 0 Å². The highest BCUT2D eigenvalue weighted by Crippen LogP contribution is 2.40. The molecular formula is C23H30O6. The average molecular weight is 402 g/mol. The lowest BCUT2D eigenvalue weighted by Gasteiger charge is -2.27. The summed E-state index contributed by atoms with van der Waals surface area (Å²) in [5.41, 5.74) is 0. The van der Waals surface area contributed by atoms with E-state index in [2.05, 4.69) is 0 Å². The van der Waals surface area contributed by atoms with E-state index in [0.29, 0.717) is 23.3 Å². The Balaban J connectivity index is 1.44. The minimum atomic E-state index is -2.20. The number of carbonyl (C=O) groups excluding carboxylic acids is 2. The second-order valence-corrected chi connectivity index (χ2v) is 8.47. The van der Waals surface area contributed by atoms with Crippen molar-refractivity contribution in [1.29, 1.82) is 0 Å². The molecule has 0 atom stereocenters. The van der Waals surface area contributed by atoms with E-state index in [9.17, 15) is 9.59 Å². The van der Waals surface area contributed by atoms with Gasteiger partial charge in [-0.1, -0.05) is 50.7 Å². The molecule has 158 valence electrons. The van der Waals surface area contributed by atoms with Gasteiger partial charge in [0.05, 0.1) is 13.2 Å². The Labute approximate surface area is 171 Å². The molecule has 0 N–H and O–H groups in total. The molecule has 3 aliphatic rings. The van der Waals surface area contributed by atoms with Gasteiger partial charge >= 0.3 is 17.7 Å². The van der Waals surface area contributed by atoms with E-state index in [1.807, 2.05) is 0 Å². The number of ether oxygens (including phenoxy) is 4. The summed E-state index contributed by atoms with van der Waals surface area (Å²) in [7, 11) is 0. The number of rotatable bonds is 6. The average Bonchev–Trinajstić information content (AvgIpc) is 3.18. The molecule has 4 rings (SSSR count). The Morgan fingerprint density at radius 2 is 1.17 bits per heavy atom. The first-order chi connectivity index (χ1) is 14.2. The fraction of sp³-hybridized carbons (Fsp3) is 0.652. The molecule has 0 radical (unpaired) electrons. The van der Waals surface area contributed by atoms with Gasteiger partial charge in [0, 0.05) is 0 Å². The van der Waals surface area contributed by atoms with Crippen molar-refractivity contribution in [2.75, 3.05) is 13.2 Å². The van der Waals surface area contributed by atoms with Crippen LogP contribution in [0.25, 0.3) is 0 Å². The molecule has 0 amide bonds. The van der Waals surface area contributed by atoms with Gasteiger partial charge in [-0.05, 0) is 49.7 Å². The molecular weight excluding hydrogens is 372 g/mol. The van der Waals surface area contributed by atoms with E-state index in [-0.39, 0.29) is 13.2 Å². The predicted molar refractivity (Wildman–Crippen MR) is 105 cm³/mol. The van der Waals surface area contributed by atoms with Crippen LogP contribution in [0.3, 0.4) is 0 Å². The van der Waals surface area contributed by atoms with E-state index in [1.165, 1.54) is 12.8 Å². The zero-order valence-corrected chi connectivity index (χ0v) is 16.9. The Morgan fingerprint density at radius 1 is 0.759 bits per heavy atom. The van der Waals surface area contributed by atoms with Gasteiger partial charge in [0.2, 0.25) is 0 Å². The molecule has 1 heterocycles. The van der Waals surface area contributed by atoms with Crippen LogP contribution in [-0.4, -0.2) is 30.9 Å². The van der Waals surface area contributed by atoms with Crippen LogP contribution >= 0.6 is 0 Å². The lowest BCUT2D eigenvalue weighted by Crippen LogP contribution is -2.56. The molecule has 6 heteroatoms. The van der Waals surface area contributed by atoms with Gasteiger partial charge in [-0.15, -0.1) is 0 Å². The van der Waals surface area contributed by atoms with Gasteiger partial charge < -0.3 is 18.9 Å². The van der Waals surface area contributed by atoms with Gasteiger partial charge in [0.25, 0.3) is 0 Å². The zero-order chi connectivity index (χ0) is 20.1. The van der Waals surface area contributed by atoms with E-state index in [1.54, 1.807) is 24.3 Å². The molecule has 0 saturated heterocycles. The van der Waals surface area contributed by atoms with E-state index >= 15 is 0 Å². The molecule has 2 aliphatic carbocycles. The fourth-order valence-electron chi connectivity index (χ4n) is 4.48. The van der Waals surface area contributed by atoms with Crippen LogP contribution in [-0.2, 0) is 19.1 Å². The monoisotopic (exact) mass is 402 g/mol. The lowest BCUT2D eigenvalue weighted by atomic mass is 9.90. The fourth-order valence-corrected chi connectivity index (χ4v) is 4.48. The van der Waals surface area contributed by atoms with E-state index < -0.39 is 17.7 Å². The van der Waals surface area contributed by atoms with Crippen molar-refractivity contribution in [2.45, 2.75) is 70.0 Å². The zero-order valence-electron chi connectivity index (χ0n) is 16.9. The van der Waals surface area contributed by atoms with Crippen LogP contribution in [0.15, 0.2) is 24.3 Å². The molecule has 1 aromatic rings. The normalized spacial score (nSPS) is 21.5. The van der Waals surface area contributed by atoms with E-state index in [0.717, 1.165) is 51.4 Å². The number of fused-ring (bicyclic) bond motifs is 1. The summed E-state index contributed by atoms with van der Waals surface area (Å²) in [4.78, 5) is 26.0. The molecule has 2 fully saturated rings. The summed E-state index contributed by atoms with van der Waals surface area (Å²) in [6.07, 6.45) is 11.2. The molecule has 1 aromatic carbocycles. The Kier molecular flexibility index (Phi) is 6.26. The van der Waals surface area contributed by atoms with Crippen LogP contribution in [0.1, 0.15) is 64.2 Å². The Hall–Kier alpha value is -2.24. The number of para-hydroxylation sites is 2. The summed E-state index contributed by atoms with van der Waals surface area (Å²) in [6.45, 7) is 0.555. The summed E-state index contributed by atoms with van der Waals surface area (Å²) >= 11 is 0. The largest absolute Gasteiger partial charge is 0.459 e. The number of esters is 2. The van der Waals surface area contributed by atoms with Crippen LogP contribution in [0, 0.1) is 11.8 Å². The third kappa shape index (κ3) is 4.51. The smallest absolute Gasteiger partial charge is 0.453 e. The van der Waals surface area contributed by atoms with Crippen LogP contribution in [0.5, 0.6) is 11.5 Å². The molecule has 0 aromatic heterocycles. The van der Waals surface area contributed by atoms with Crippen molar-refractivity contribution >= 4 is 11.9 Å². The summed E-state index contributed by atoms with van der Waals surface area (Å²) in [6, 6.07) is 6.86. The highest BCUT2D eigenvalue weighted by molar-refractivity contribution is 6.03. The first-order valence-electron chi connectivity index (χ1n) is 11.0. The quantitative estimate of drug-likeness (QED) is 0.519. The van der Waals surface area contributed by atoms with E-state index in [4.69, 9.17) is 18.9 Å². The standard InChI is InChI=1S/C23H30O6/c24-21(26-15-17-9-3-1-4-10-17)23(28-19-13-7-8-14-20(19)29-23)22(25)27-16-18-11-5-2-6-12-18/h7-8,13-14,17-18H,1-6,9-12,15-16H2. The first-order valence-corrected chi connectivity index (χ1v) is 11.0. The number of carbonyl (C=O) groups is 2. The molecule has 29 heavy (non-hydrogen) atoms. The molecule has 0 spiro atoms.